The predicted molar refractivity (Wildman–Crippen MR) is 78.4 cm³/mol. The van der Waals surface area contributed by atoms with Gasteiger partial charge >= 0.3 is 0 Å². The lowest BCUT2D eigenvalue weighted by atomic mass is 10.0. The summed E-state index contributed by atoms with van der Waals surface area (Å²) in [6.07, 6.45) is 3.74. The monoisotopic (exact) mass is 253 g/mol. The molecule has 2 aromatic rings. The number of pyridine rings is 1. The van der Waals surface area contributed by atoms with Crippen LogP contribution < -0.4 is 10.2 Å². The second-order valence-electron chi connectivity index (χ2n) is 5.03. The zero-order chi connectivity index (χ0) is 13.1. The summed E-state index contributed by atoms with van der Waals surface area (Å²) in [5, 5.41) is 3.48. The predicted octanol–water partition coefficient (Wildman–Crippen LogP) is 2.54. The van der Waals surface area contributed by atoms with Crippen LogP contribution in [0.25, 0.3) is 0 Å². The van der Waals surface area contributed by atoms with Crippen LogP contribution in [0, 0.1) is 6.92 Å². The number of piperazine rings is 1. The van der Waals surface area contributed by atoms with Crippen LogP contribution in [0.5, 0.6) is 0 Å². The van der Waals surface area contributed by atoms with Crippen LogP contribution >= 0.6 is 0 Å². The second-order valence-corrected chi connectivity index (χ2v) is 5.03. The number of nitrogens with zero attached hydrogens (tertiary/aromatic N) is 2. The largest absolute Gasteiger partial charge is 0.362 e. The van der Waals surface area contributed by atoms with E-state index in [0.717, 1.165) is 19.6 Å². The third-order valence-corrected chi connectivity index (χ3v) is 3.70. The normalized spacial score (nSPS) is 19.4. The maximum absolute atomic E-state index is 4.11. The third kappa shape index (κ3) is 2.61. The summed E-state index contributed by atoms with van der Waals surface area (Å²) in [4.78, 5) is 6.59. The van der Waals surface area contributed by atoms with E-state index in [-0.39, 0.29) is 0 Å². The van der Waals surface area contributed by atoms with Crippen LogP contribution in [-0.2, 0) is 0 Å². The number of anilines is 1. The first kappa shape index (κ1) is 12.2. The number of hydrogen-bond acceptors (Lipinski definition) is 3. The third-order valence-electron chi connectivity index (χ3n) is 3.70. The molecule has 0 amide bonds. The fourth-order valence-electron chi connectivity index (χ4n) is 2.63. The second kappa shape index (κ2) is 5.41. The van der Waals surface area contributed by atoms with E-state index >= 15 is 0 Å². The van der Waals surface area contributed by atoms with Gasteiger partial charge in [-0.2, -0.15) is 0 Å². The molecule has 1 aliphatic rings. The molecule has 1 aromatic heterocycles. The van der Waals surface area contributed by atoms with Gasteiger partial charge in [-0.3, -0.25) is 4.98 Å². The standard InChI is InChI=1S/C16H19N3/c1-13-2-4-15(5-3-13)19-11-10-18-12-16(19)14-6-8-17-9-7-14/h2-9,16,18H,10-12H2,1H3. The van der Waals surface area contributed by atoms with E-state index in [1.165, 1.54) is 16.8 Å². The molecule has 3 nitrogen and oxygen atoms in total. The van der Waals surface area contributed by atoms with Gasteiger partial charge < -0.3 is 10.2 Å². The summed E-state index contributed by atoms with van der Waals surface area (Å²) in [7, 11) is 0. The molecule has 2 heterocycles. The summed E-state index contributed by atoms with van der Waals surface area (Å²) >= 11 is 0. The van der Waals surface area contributed by atoms with Gasteiger partial charge in [-0.25, -0.2) is 0 Å². The SMILES string of the molecule is Cc1ccc(N2CCNCC2c2ccncc2)cc1. The molecule has 1 atom stereocenters. The summed E-state index contributed by atoms with van der Waals surface area (Å²) in [6.45, 7) is 5.19. The molecule has 1 fully saturated rings. The van der Waals surface area contributed by atoms with Gasteiger partial charge in [0.05, 0.1) is 6.04 Å². The Hall–Kier alpha value is -1.87. The van der Waals surface area contributed by atoms with E-state index in [0.29, 0.717) is 6.04 Å². The molecule has 19 heavy (non-hydrogen) atoms. The fraction of sp³-hybridized carbons (Fsp3) is 0.312. The maximum atomic E-state index is 4.11. The van der Waals surface area contributed by atoms with Gasteiger partial charge in [0.25, 0.3) is 0 Å². The Balaban J connectivity index is 1.91. The van der Waals surface area contributed by atoms with Crippen molar-refractivity contribution in [2.45, 2.75) is 13.0 Å². The van der Waals surface area contributed by atoms with Gasteiger partial charge in [-0.05, 0) is 36.8 Å². The minimum Gasteiger partial charge on any atom is -0.362 e. The van der Waals surface area contributed by atoms with Crippen LogP contribution in [0.1, 0.15) is 17.2 Å². The summed E-state index contributed by atoms with van der Waals surface area (Å²) in [5.41, 5.74) is 3.93. The van der Waals surface area contributed by atoms with Crippen LogP contribution in [0.2, 0.25) is 0 Å². The molecule has 1 saturated heterocycles. The molecule has 0 spiro atoms. The van der Waals surface area contributed by atoms with Crippen molar-refractivity contribution in [2.75, 3.05) is 24.5 Å². The number of benzene rings is 1. The van der Waals surface area contributed by atoms with Crippen LogP contribution in [-0.4, -0.2) is 24.6 Å². The minimum absolute atomic E-state index is 0.388. The highest BCUT2D eigenvalue weighted by molar-refractivity contribution is 5.50. The molecule has 1 N–H and O–H groups in total. The summed E-state index contributed by atoms with van der Waals surface area (Å²) < 4.78 is 0. The average Bonchev–Trinajstić information content (AvgIpc) is 2.49. The molecule has 1 unspecified atom stereocenters. The van der Waals surface area contributed by atoms with E-state index in [4.69, 9.17) is 0 Å². The van der Waals surface area contributed by atoms with Crippen LogP contribution in [0.15, 0.2) is 48.8 Å². The Kier molecular flexibility index (Phi) is 3.47. The van der Waals surface area contributed by atoms with Crippen molar-refractivity contribution < 1.29 is 0 Å². The topological polar surface area (TPSA) is 28.2 Å². The van der Waals surface area contributed by atoms with Crippen LogP contribution in [0.3, 0.4) is 0 Å². The Bertz CT molecular complexity index is 521. The van der Waals surface area contributed by atoms with Gasteiger partial charge in [0.1, 0.15) is 0 Å². The highest BCUT2D eigenvalue weighted by atomic mass is 15.2. The van der Waals surface area contributed by atoms with Crippen molar-refractivity contribution in [2.24, 2.45) is 0 Å². The Morgan fingerprint density at radius 1 is 1.11 bits per heavy atom. The van der Waals surface area contributed by atoms with E-state index < -0.39 is 0 Å². The minimum atomic E-state index is 0.388. The number of nitrogens with one attached hydrogen (secondary N) is 1. The molecule has 0 aliphatic carbocycles. The lowest BCUT2D eigenvalue weighted by molar-refractivity contribution is 0.489. The fourth-order valence-corrected chi connectivity index (χ4v) is 2.63. The maximum Gasteiger partial charge on any atom is 0.0668 e. The lowest BCUT2D eigenvalue weighted by Crippen LogP contribution is -2.46. The lowest BCUT2D eigenvalue weighted by Gasteiger charge is -2.38. The number of aromatic nitrogens is 1. The molecule has 1 aromatic carbocycles. The van der Waals surface area contributed by atoms with E-state index in [1.807, 2.05) is 12.4 Å². The average molecular weight is 253 g/mol. The van der Waals surface area contributed by atoms with Crippen LogP contribution in [0.4, 0.5) is 5.69 Å². The van der Waals surface area contributed by atoms with E-state index in [2.05, 4.69) is 58.5 Å². The summed E-state index contributed by atoms with van der Waals surface area (Å²) in [6, 6.07) is 13.4. The first-order chi connectivity index (χ1) is 9.34. The Morgan fingerprint density at radius 3 is 2.58 bits per heavy atom. The van der Waals surface area contributed by atoms with E-state index in [9.17, 15) is 0 Å². The number of rotatable bonds is 2. The quantitative estimate of drug-likeness (QED) is 0.891. The molecule has 0 saturated carbocycles. The Morgan fingerprint density at radius 2 is 1.84 bits per heavy atom. The first-order valence-corrected chi connectivity index (χ1v) is 6.78. The van der Waals surface area contributed by atoms with Gasteiger partial charge in [0.2, 0.25) is 0 Å². The number of hydrogen-bond donors (Lipinski definition) is 1. The highest BCUT2D eigenvalue weighted by Crippen LogP contribution is 2.28. The van der Waals surface area contributed by atoms with Gasteiger partial charge in [0, 0.05) is 37.7 Å². The van der Waals surface area contributed by atoms with Gasteiger partial charge in [-0.15, -0.1) is 0 Å². The van der Waals surface area contributed by atoms with Crippen molar-refractivity contribution in [3.63, 3.8) is 0 Å². The van der Waals surface area contributed by atoms with Crippen molar-refractivity contribution in [3.05, 3.63) is 59.9 Å². The smallest absolute Gasteiger partial charge is 0.0668 e. The van der Waals surface area contributed by atoms with E-state index in [1.54, 1.807) is 0 Å². The van der Waals surface area contributed by atoms with Gasteiger partial charge in [-0.1, -0.05) is 17.7 Å². The Labute approximate surface area is 114 Å². The molecule has 1 aliphatic heterocycles. The van der Waals surface area contributed by atoms with Gasteiger partial charge in [0.15, 0.2) is 0 Å². The molecule has 3 rings (SSSR count). The van der Waals surface area contributed by atoms with Crippen molar-refractivity contribution >= 4 is 5.69 Å². The molecule has 0 bridgehead atoms. The molecular formula is C16H19N3. The van der Waals surface area contributed by atoms with Crippen molar-refractivity contribution in [1.82, 2.24) is 10.3 Å². The molecule has 0 radical (unpaired) electrons. The zero-order valence-electron chi connectivity index (χ0n) is 11.2. The van der Waals surface area contributed by atoms with Crippen molar-refractivity contribution in [1.29, 1.82) is 0 Å². The molecule has 3 heteroatoms. The number of aryl methyl sites for hydroxylation is 1. The highest BCUT2D eigenvalue weighted by Gasteiger charge is 2.23. The summed E-state index contributed by atoms with van der Waals surface area (Å²) in [5.74, 6) is 0. The molecular weight excluding hydrogens is 234 g/mol. The zero-order valence-corrected chi connectivity index (χ0v) is 11.2. The first-order valence-electron chi connectivity index (χ1n) is 6.78. The van der Waals surface area contributed by atoms with Crippen molar-refractivity contribution in [3.8, 4) is 0 Å². The molecule has 98 valence electrons.